The highest BCUT2D eigenvalue weighted by Gasteiger charge is 2.30. The Morgan fingerprint density at radius 1 is 1.14 bits per heavy atom. The molecule has 2 N–H and O–H groups in total. The number of anilines is 2. The number of para-hydroxylation sites is 2. The normalized spacial score (nSPS) is 22.0. The maximum Gasteiger partial charge on any atom is 0.172 e. The number of aromatic nitrogens is 2. The monoisotopic (exact) mass is 284 g/mol. The van der Waals surface area contributed by atoms with Gasteiger partial charge in [0.2, 0.25) is 0 Å². The Balaban J connectivity index is 1.79. The number of nitrogens with zero attached hydrogens (tertiary/aromatic N) is 3. The highest BCUT2D eigenvalue weighted by atomic mass is 16.3. The molecule has 4 rings (SSSR count). The Morgan fingerprint density at radius 2 is 1.90 bits per heavy atom. The van der Waals surface area contributed by atoms with Crippen LogP contribution in [0.4, 0.5) is 11.6 Å². The third-order valence-electron chi connectivity index (χ3n) is 4.33. The maximum absolute atomic E-state index is 9.59. The third kappa shape index (κ3) is 2.42. The van der Waals surface area contributed by atoms with E-state index in [9.17, 15) is 5.11 Å². The predicted molar refractivity (Wildman–Crippen MR) is 83.6 cm³/mol. The molecule has 2 heterocycles. The molecule has 110 valence electrons. The molecule has 2 aliphatic rings. The van der Waals surface area contributed by atoms with Crippen molar-refractivity contribution in [1.82, 2.24) is 9.97 Å². The van der Waals surface area contributed by atoms with Crippen LogP contribution in [0.5, 0.6) is 0 Å². The summed E-state index contributed by atoms with van der Waals surface area (Å²) in [6, 6.07) is 8.68. The van der Waals surface area contributed by atoms with E-state index in [0.29, 0.717) is 6.04 Å². The second kappa shape index (κ2) is 5.15. The lowest BCUT2D eigenvalue weighted by atomic mass is 10.2. The Morgan fingerprint density at radius 3 is 2.62 bits per heavy atom. The molecule has 0 amide bonds. The van der Waals surface area contributed by atoms with Crippen LogP contribution in [0.15, 0.2) is 24.3 Å². The lowest BCUT2D eigenvalue weighted by Gasteiger charge is -2.26. The first-order valence-electron chi connectivity index (χ1n) is 7.76. The smallest absolute Gasteiger partial charge is 0.172 e. The van der Waals surface area contributed by atoms with Crippen LogP contribution in [0.3, 0.4) is 0 Å². The first-order valence-corrected chi connectivity index (χ1v) is 7.76. The summed E-state index contributed by atoms with van der Waals surface area (Å²) >= 11 is 0. The van der Waals surface area contributed by atoms with E-state index in [4.69, 9.17) is 9.97 Å². The quantitative estimate of drug-likeness (QED) is 0.901. The lowest BCUT2D eigenvalue weighted by molar-refractivity contribution is 0.266. The van der Waals surface area contributed by atoms with Crippen LogP contribution < -0.4 is 10.2 Å². The van der Waals surface area contributed by atoms with E-state index >= 15 is 0 Å². The van der Waals surface area contributed by atoms with Gasteiger partial charge in [0.15, 0.2) is 11.6 Å². The van der Waals surface area contributed by atoms with Crippen LogP contribution >= 0.6 is 0 Å². The van der Waals surface area contributed by atoms with E-state index in [0.717, 1.165) is 42.1 Å². The summed E-state index contributed by atoms with van der Waals surface area (Å²) < 4.78 is 0. The molecule has 21 heavy (non-hydrogen) atoms. The lowest BCUT2D eigenvalue weighted by Crippen LogP contribution is -2.33. The van der Waals surface area contributed by atoms with Crippen LogP contribution in [0.2, 0.25) is 0 Å². The van der Waals surface area contributed by atoms with Crippen molar-refractivity contribution in [2.45, 2.75) is 37.8 Å². The summed E-state index contributed by atoms with van der Waals surface area (Å²) in [7, 11) is 0. The molecule has 1 aliphatic carbocycles. The minimum Gasteiger partial charge on any atom is -0.394 e. The zero-order valence-electron chi connectivity index (χ0n) is 12.0. The first kappa shape index (κ1) is 12.8. The summed E-state index contributed by atoms with van der Waals surface area (Å²) in [6.45, 7) is 1.12. The molecular weight excluding hydrogens is 264 g/mol. The second-order valence-corrected chi connectivity index (χ2v) is 5.98. The number of aliphatic hydroxyl groups excluding tert-OH is 1. The molecule has 2 aromatic rings. The first-order chi connectivity index (χ1) is 10.3. The SMILES string of the molecule is OC[C@@H]1CCCN1c1nc2ccccc2nc1NC1CC1. The largest absolute Gasteiger partial charge is 0.394 e. The third-order valence-corrected chi connectivity index (χ3v) is 4.33. The molecule has 0 radical (unpaired) electrons. The molecule has 0 bridgehead atoms. The number of aliphatic hydroxyl groups is 1. The van der Waals surface area contributed by atoms with E-state index in [1.807, 2.05) is 24.3 Å². The van der Waals surface area contributed by atoms with Gasteiger partial charge in [0.1, 0.15) is 0 Å². The number of rotatable bonds is 4. The van der Waals surface area contributed by atoms with E-state index in [-0.39, 0.29) is 12.6 Å². The molecule has 1 aliphatic heterocycles. The fourth-order valence-electron chi connectivity index (χ4n) is 3.01. The van der Waals surface area contributed by atoms with E-state index in [2.05, 4.69) is 10.2 Å². The predicted octanol–water partition coefficient (Wildman–Crippen LogP) is 2.17. The summed E-state index contributed by atoms with van der Waals surface area (Å²) in [6.07, 6.45) is 4.53. The minimum absolute atomic E-state index is 0.167. The van der Waals surface area contributed by atoms with Gasteiger partial charge in [-0.3, -0.25) is 0 Å². The molecule has 0 unspecified atom stereocenters. The minimum atomic E-state index is 0.167. The molecule has 5 nitrogen and oxygen atoms in total. The number of hydrogen-bond donors (Lipinski definition) is 2. The Hall–Kier alpha value is -1.88. The van der Waals surface area contributed by atoms with Crippen molar-refractivity contribution in [3.05, 3.63) is 24.3 Å². The highest BCUT2D eigenvalue weighted by Crippen LogP contribution is 2.33. The number of fused-ring (bicyclic) bond motifs is 1. The Bertz CT molecular complexity index is 656. The van der Waals surface area contributed by atoms with Crippen molar-refractivity contribution in [2.24, 2.45) is 0 Å². The fraction of sp³-hybridized carbons (Fsp3) is 0.500. The van der Waals surface area contributed by atoms with Crippen LogP contribution in [0.25, 0.3) is 11.0 Å². The van der Waals surface area contributed by atoms with Gasteiger partial charge in [-0.05, 0) is 37.8 Å². The average molecular weight is 284 g/mol. The van der Waals surface area contributed by atoms with Crippen LogP contribution in [0, 0.1) is 0 Å². The van der Waals surface area contributed by atoms with Gasteiger partial charge in [0.05, 0.1) is 23.7 Å². The molecular formula is C16H20N4O. The molecule has 1 saturated heterocycles. The Kier molecular flexibility index (Phi) is 3.15. The van der Waals surface area contributed by atoms with Gasteiger partial charge in [0.25, 0.3) is 0 Å². The van der Waals surface area contributed by atoms with E-state index in [1.54, 1.807) is 0 Å². The highest BCUT2D eigenvalue weighted by molar-refractivity contribution is 5.80. The molecule has 1 atom stereocenters. The molecule has 0 spiro atoms. The Labute approximate surface area is 124 Å². The van der Waals surface area contributed by atoms with E-state index < -0.39 is 0 Å². The van der Waals surface area contributed by atoms with Crippen LogP contribution in [-0.4, -0.2) is 40.3 Å². The maximum atomic E-state index is 9.59. The van der Waals surface area contributed by atoms with Crippen molar-refractivity contribution in [1.29, 1.82) is 0 Å². The molecule has 1 aromatic heterocycles. The van der Waals surface area contributed by atoms with Gasteiger partial charge >= 0.3 is 0 Å². The standard InChI is InChI=1S/C16H20N4O/c21-10-12-4-3-9-20(12)16-15(17-11-7-8-11)18-13-5-1-2-6-14(13)19-16/h1-2,5-6,11-12,21H,3-4,7-10H2,(H,17,18)/t12-/m0/s1. The van der Waals surface area contributed by atoms with Gasteiger partial charge in [0, 0.05) is 12.6 Å². The molecule has 2 fully saturated rings. The van der Waals surface area contributed by atoms with Crippen molar-refractivity contribution < 1.29 is 5.11 Å². The van der Waals surface area contributed by atoms with Gasteiger partial charge in [-0.15, -0.1) is 0 Å². The average Bonchev–Trinajstić information content (AvgIpc) is 3.20. The number of nitrogens with one attached hydrogen (secondary N) is 1. The molecule has 5 heteroatoms. The zero-order chi connectivity index (χ0) is 14.2. The fourth-order valence-corrected chi connectivity index (χ4v) is 3.01. The van der Waals surface area contributed by atoms with Crippen molar-refractivity contribution in [3.63, 3.8) is 0 Å². The number of benzene rings is 1. The van der Waals surface area contributed by atoms with Crippen LogP contribution in [0.1, 0.15) is 25.7 Å². The molecule has 1 aromatic carbocycles. The van der Waals surface area contributed by atoms with E-state index in [1.165, 1.54) is 12.8 Å². The van der Waals surface area contributed by atoms with Gasteiger partial charge in [-0.25, -0.2) is 9.97 Å². The summed E-state index contributed by atoms with van der Waals surface area (Å²) in [5, 5.41) is 13.1. The number of hydrogen-bond acceptors (Lipinski definition) is 5. The van der Waals surface area contributed by atoms with Crippen molar-refractivity contribution in [2.75, 3.05) is 23.4 Å². The second-order valence-electron chi connectivity index (χ2n) is 5.98. The van der Waals surface area contributed by atoms with Gasteiger partial charge in [-0.2, -0.15) is 0 Å². The summed E-state index contributed by atoms with van der Waals surface area (Å²) in [5.41, 5.74) is 1.83. The van der Waals surface area contributed by atoms with Gasteiger partial charge in [-0.1, -0.05) is 12.1 Å². The topological polar surface area (TPSA) is 61.3 Å². The summed E-state index contributed by atoms with van der Waals surface area (Å²) in [4.78, 5) is 11.8. The molecule has 1 saturated carbocycles. The van der Waals surface area contributed by atoms with Gasteiger partial charge < -0.3 is 15.3 Å². The summed E-state index contributed by atoms with van der Waals surface area (Å²) in [5.74, 6) is 1.77. The van der Waals surface area contributed by atoms with Crippen molar-refractivity contribution >= 4 is 22.7 Å². The van der Waals surface area contributed by atoms with Crippen LogP contribution in [-0.2, 0) is 0 Å². The van der Waals surface area contributed by atoms with Crippen molar-refractivity contribution in [3.8, 4) is 0 Å². The zero-order valence-corrected chi connectivity index (χ0v) is 12.0.